The van der Waals surface area contributed by atoms with Gasteiger partial charge in [-0.2, -0.15) is 0 Å². The summed E-state index contributed by atoms with van der Waals surface area (Å²) >= 11 is 0. The molecule has 0 N–H and O–H groups in total. The summed E-state index contributed by atoms with van der Waals surface area (Å²) in [6, 6.07) is 3.16. The summed E-state index contributed by atoms with van der Waals surface area (Å²) in [5.74, 6) is 0.435. The van der Waals surface area contributed by atoms with Crippen LogP contribution in [0.25, 0.3) is 0 Å². The van der Waals surface area contributed by atoms with Crippen LogP contribution in [-0.2, 0) is 18.4 Å². The fourth-order valence-corrected chi connectivity index (χ4v) is 7.47. The lowest BCUT2D eigenvalue weighted by atomic mass is 9.98. The first-order chi connectivity index (χ1) is 12.4. The standard InChI is InChI=1S/C21H44O4Si2/c1-10-27(11-2,12-3)25-20(16-22)19-15-17(4)18(24-19)13-14-23-26(8,9)21(5,6)7/h16-20H,10-15H2,1-9H3/t17-,18+,19-,20-/m1/s1. The Kier molecular flexibility index (Phi) is 9.40. The zero-order valence-electron chi connectivity index (χ0n) is 19.3. The number of hydrogen-bond donors (Lipinski definition) is 0. The monoisotopic (exact) mass is 416 g/mol. The van der Waals surface area contributed by atoms with Crippen LogP contribution in [0.3, 0.4) is 0 Å². The fraction of sp³-hybridized carbons (Fsp3) is 0.952. The summed E-state index contributed by atoms with van der Waals surface area (Å²) in [5, 5.41) is 0.225. The van der Waals surface area contributed by atoms with E-state index in [9.17, 15) is 4.79 Å². The summed E-state index contributed by atoms with van der Waals surface area (Å²) in [6.07, 6.45) is 2.42. The molecule has 1 fully saturated rings. The average Bonchev–Trinajstić information content (AvgIpc) is 2.96. The quantitative estimate of drug-likeness (QED) is 0.316. The zero-order chi connectivity index (χ0) is 20.9. The first kappa shape index (κ1) is 25.0. The molecule has 4 atom stereocenters. The van der Waals surface area contributed by atoms with E-state index in [4.69, 9.17) is 13.6 Å². The predicted octanol–water partition coefficient (Wildman–Crippen LogP) is 5.78. The predicted molar refractivity (Wildman–Crippen MR) is 118 cm³/mol. The number of aldehydes is 1. The smallest absolute Gasteiger partial charge is 0.193 e. The van der Waals surface area contributed by atoms with E-state index in [2.05, 4.69) is 61.6 Å². The van der Waals surface area contributed by atoms with Crippen molar-refractivity contribution in [3.63, 3.8) is 0 Å². The van der Waals surface area contributed by atoms with Gasteiger partial charge in [-0.1, -0.05) is 48.5 Å². The third-order valence-corrected chi connectivity index (χ3v) is 16.3. The van der Waals surface area contributed by atoms with Gasteiger partial charge in [0.25, 0.3) is 0 Å². The van der Waals surface area contributed by atoms with Gasteiger partial charge >= 0.3 is 0 Å². The number of rotatable bonds is 11. The zero-order valence-corrected chi connectivity index (χ0v) is 21.3. The first-order valence-corrected chi connectivity index (χ1v) is 16.3. The molecule has 0 amide bonds. The maximum absolute atomic E-state index is 11.8. The van der Waals surface area contributed by atoms with Crippen molar-refractivity contribution in [3.8, 4) is 0 Å². The van der Waals surface area contributed by atoms with E-state index in [-0.39, 0.29) is 17.2 Å². The van der Waals surface area contributed by atoms with Gasteiger partial charge in [-0.15, -0.1) is 0 Å². The van der Waals surface area contributed by atoms with Crippen LogP contribution in [0.4, 0.5) is 0 Å². The molecule has 6 heteroatoms. The van der Waals surface area contributed by atoms with Gasteiger partial charge in [-0.05, 0) is 55.0 Å². The van der Waals surface area contributed by atoms with E-state index in [1.54, 1.807) is 0 Å². The van der Waals surface area contributed by atoms with E-state index in [1.807, 2.05) is 0 Å². The molecule has 0 saturated carbocycles. The lowest BCUT2D eigenvalue weighted by molar-refractivity contribution is -0.121. The van der Waals surface area contributed by atoms with Gasteiger partial charge in [-0.25, -0.2) is 0 Å². The molecule has 0 spiro atoms. The van der Waals surface area contributed by atoms with Crippen LogP contribution >= 0.6 is 0 Å². The Morgan fingerprint density at radius 1 is 1.15 bits per heavy atom. The molecule has 1 aliphatic rings. The number of carbonyl (C=O) groups excluding carboxylic acids is 1. The summed E-state index contributed by atoms with van der Waals surface area (Å²) in [6.45, 7) is 20.9. The average molecular weight is 417 g/mol. The molecule has 0 aromatic heterocycles. The Labute approximate surface area is 170 Å². The molecule has 0 unspecified atom stereocenters. The minimum atomic E-state index is -1.81. The van der Waals surface area contributed by atoms with Crippen LogP contribution in [0.15, 0.2) is 0 Å². The molecule has 0 bridgehead atoms. The van der Waals surface area contributed by atoms with Gasteiger partial charge in [0.05, 0.1) is 12.2 Å². The maximum atomic E-state index is 11.8. The van der Waals surface area contributed by atoms with Crippen LogP contribution in [-0.4, -0.2) is 47.8 Å². The third kappa shape index (κ3) is 6.49. The maximum Gasteiger partial charge on any atom is 0.193 e. The minimum absolute atomic E-state index is 0.105. The van der Waals surface area contributed by atoms with Crippen LogP contribution in [0.5, 0.6) is 0 Å². The van der Waals surface area contributed by atoms with Crippen molar-refractivity contribution in [2.24, 2.45) is 5.92 Å². The molecule has 1 rings (SSSR count). The SMILES string of the molecule is CC[Si](CC)(CC)O[C@H](C=O)[C@H]1C[C@@H](C)[C@H](CCO[Si](C)(C)C(C)(C)C)O1. The summed E-state index contributed by atoms with van der Waals surface area (Å²) < 4.78 is 19.1. The van der Waals surface area contributed by atoms with Gasteiger partial charge in [0.15, 0.2) is 16.6 Å². The second-order valence-electron chi connectivity index (χ2n) is 9.79. The van der Waals surface area contributed by atoms with Crippen molar-refractivity contribution < 1.29 is 18.4 Å². The van der Waals surface area contributed by atoms with Crippen molar-refractivity contribution >= 4 is 22.9 Å². The van der Waals surface area contributed by atoms with Crippen LogP contribution < -0.4 is 0 Å². The highest BCUT2D eigenvalue weighted by atomic mass is 28.4. The number of hydrogen-bond acceptors (Lipinski definition) is 4. The Morgan fingerprint density at radius 2 is 1.70 bits per heavy atom. The Hall–Kier alpha value is -0.0162. The summed E-state index contributed by atoms with van der Waals surface area (Å²) in [5.41, 5.74) is 0. The molecule has 0 aromatic carbocycles. The van der Waals surface area contributed by atoms with Gasteiger partial charge in [-0.3, -0.25) is 0 Å². The molecule has 1 saturated heterocycles. The lowest BCUT2D eigenvalue weighted by Gasteiger charge is -2.36. The van der Waals surface area contributed by atoms with Gasteiger partial charge < -0.3 is 18.4 Å². The lowest BCUT2D eigenvalue weighted by Crippen LogP contribution is -2.45. The van der Waals surface area contributed by atoms with Crippen molar-refractivity contribution in [3.05, 3.63) is 0 Å². The van der Waals surface area contributed by atoms with Crippen molar-refractivity contribution in [2.75, 3.05) is 6.61 Å². The van der Waals surface area contributed by atoms with Crippen LogP contribution in [0.1, 0.15) is 61.3 Å². The largest absolute Gasteiger partial charge is 0.417 e. The molecule has 4 nitrogen and oxygen atoms in total. The Bertz CT molecular complexity index is 449. The third-order valence-electron chi connectivity index (χ3n) is 7.08. The first-order valence-electron chi connectivity index (χ1n) is 10.9. The summed E-state index contributed by atoms with van der Waals surface area (Å²) in [4.78, 5) is 11.8. The highest BCUT2D eigenvalue weighted by molar-refractivity contribution is 6.74. The highest BCUT2D eigenvalue weighted by Gasteiger charge is 2.42. The Morgan fingerprint density at radius 3 is 2.15 bits per heavy atom. The van der Waals surface area contributed by atoms with E-state index in [1.165, 1.54) is 0 Å². The Balaban J connectivity index is 2.64. The molecular formula is C21H44O4Si2. The summed E-state index contributed by atoms with van der Waals surface area (Å²) in [7, 11) is -3.54. The van der Waals surface area contributed by atoms with Crippen molar-refractivity contribution in [1.29, 1.82) is 0 Å². The van der Waals surface area contributed by atoms with Crippen molar-refractivity contribution in [2.45, 2.75) is 116 Å². The van der Waals surface area contributed by atoms with Crippen LogP contribution in [0.2, 0.25) is 36.3 Å². The molecule has 0 radical (unpaired) electrons. The topological polar surface area (TPSA) is 44.8 Å². The van der Waals surface area contributed by atoms with Crippen LogP contribution in [0, 0.1) is 5.92 Å². The van der Waals surface area contributed by atoms with E-state index in [0.717, 1.165) is 43.9 Å². The second kappa shape index (κ2) is 10.1. The second-order valence-corrected chi connectivity index (χ2v) is 19.3. The van der Waals surface area contributed by atoms with Gasteiger partial charge in [0.2, 0.25) is 0 Å². The molecule has 27 heavy (non-hydrogen) atoms. The molecule has 160 valence electrons. The molecule has 1 aliphatic heterocycles. The molecule has 0 aromatic rings. The molecule has 0 aliphatic carbocycles. The van der Waals surface area contributed by atoms with E-state index >= 15 is 0 Å². The van der Waals surface area contributed by atoms with Gasteiger partial charge in [0.1, 0.15) is 12.4 Å². The highest BCUT2D eigenvalue weighted by Crippen LogP contribution is 2.37. The normalized spacial score (nSPS) is 25.6. The molecular weight excluding hydrogens is 372 g/mol. The van der Waals surface area contributed by atoms with E-state index in [0.29, 0.717) is 5.92 Å². The minimum Gasteiger partial charge on any atom is -0.417 e. The number of carbonyl (C=O) groups is 1. The fourth-order valence-electron chi connectivity index (χ4n) is 3.62. The number of ether oxygens (including phenoxy) is 1. The molecule has 1 heterocycles. The van der Waals surface area contributed by atoms with E-state index < -0.39 is 22.7 Å². The van der Waals surface area contributed by atoms with Gasteiger partial charge in [0, 0.05) is 6.61 Å². The van der Waals surface area contributed by atoms with Crippen molar-refractivity contribution in [1.82, 2.24) is 0 Å².